The lowest BCUT2D eigenvalue weighted by molar-refractivity contribution is 0.123. The molecule has 0 bridgehead atoms. The van der Waals surface area contributed by atoms with E-state index in [4.69, 9.17) is 4.74 Å². The molecule has 1 saturated heterocycles. The number of benzene rings is 2. The number of fused-ring (bicyclic) bond motifs is 4. The van der Waals surface area contributed by atoms with Gasteiger partial charge in [-0.2, -0.15) is 0 Å². The van der Waals surface area contributed by atoms with Gasteiger partial charge in [-0.3, -0.25) is 0 Å². The molecule has 11 heteroatoms. The van der Waals surface area contributed by atoms with Gasteiger partial charge in [0.15, 0.2) is 0 Å². The lowest BCUT2D eigenvalue weighted by Crippen LogP contribution is -2.58. The fourth-order valence-corrected chi connectivity index (χ4v) is 4.56. The predicted molar refractivity (Wildman–Crippen MR) is 119 cm³/mol. The number of carbonyl (C=O) groups is 1. The topological polar surface area (TPSA) is 90.8 Å². The van der Waals surface area contributed by atoms with Gasteiger partial charge in [-0.1, -0.05) is 18.2 Å². The molecule has 8 nitrogen and oxygen atoms in total. The number of alkyl halides is 2. The third-order valence-corrected chi connectivity index (χ3v) is 6.32. The van der Waals surface area contributed by atoms with Crippen molar-refractivity contribution >= 4 is 28.5 Å². The van der Waals surface area contributed by atoms with Crippen LogP contribution in [0.25, 0.3) is 10.9 Å². The fraction of sp³-hybridized carbons (Fsp3) is 0.348. The molecular weight excluding hydrogens is 451 g/mol. The maximum absolute atomic E-state index is 14.7. The van der Waals surface area contributed by atoms with E-state index in [1.165, 1.54) is 23.4 Å². The van der Waals surface area contributed by atoms with Crippen LogP contribution >= 0.6 is 0 Å². The minimum Gasteiger partial charge on any atom is -0.489 e. The summed E-state index contributed by atoms with van der Waals surface area (Å²) < 4.78 is 46.9. The van der Waals surface area contributed by atoms with Crippen LogP contribution in [-0.4, -0.2) is 58.4 Å². The van der Waals surface area contributed by atoms with Gasteiger partial charge < -0.3 is 25.0 Å². The minimum atomic E-state index is -2.91. The van der Waals surface area contributed by atoms with Gasteiger partial charge in [0.25, 0.3) is 6.43 Å². The van der Waals surface area contributed by atoms with E-state index in [2.05, 4.69) is 20.2 Å². The lowest BCUT2D eigenvalue weighted by Gasteiger charge is -2.44. The number of hydrogen-bond donors (Lipinski definition) is 2. The Morgan fingerprint density at radius 3 is 2.79 bits per heavy atom. The molecule has 2 aromatic carbocycles. The molecule has 0 radical (unpaired) electrons. The van der Waals surface area contributed by atoms with Crippen LogP contribution in [0.2, 0.25) is 0 Å². The Kier molecular flexibility index (Phi) is 5.54. The third kappa shape index (κ3) is 3.80. The molecule has 0 saturated carbocycles. The monoisotopic (exact) mass is 473 g/mol. The van der Waals surface area contributed by atoms with Crippen molar-refractivity contribution in [1.82, 2.24) is 14.9 Å². The molecule has 5 rings (SSSR count). The SMILES string of the molecule is C[C@@H](Nc1ncnc2cc3c(cc12)N1CCN(C(=O)O)C[C@@H]1CO3)c1cccc(C(F)F)c1F. The van der Waals surface area contributed by atoms with E-state index < -0.39 is 29.9 Å². The van der Waals surface area contributed by atoms with E-state index in [0.717, 1.165) is 11.8 Å². The third-order valence-electron chi connectivity index (χ3n) is 6.32. The van der Waals surface area contributed by atoms with Gasteiger partial charge in [-0.25, -0.2) is 27.9 Å². The molecule has 3 heterocycles. The molecule has 0 unspecified atom stereocenters. The molecule has 0 aliphatic carbocycles. The zero-order chi connectivity index (χ0) is 24.0. The number of anilines is 2. The average Bonchev–Trinajstić information content (AvgIpc) is 2.82. The Balaban J connectivity index is 1.48. The highest BCUT2D eigenvalue weighted by atomic mass is 19.3. The first-order valence-corrected chi connectivity index (χ1v) is 10.8. The van der Waals surface area contributed by atoms with Crippen LogP contribution < -0.4 is 15.0 Å². The van der Waals surface area contributed by atoms with Gasteiger partial charge in [0.05, 0.1) is 28.9 Å². The maximum atomic E-state index is 14.7. The fourth-order valence-electron chi connectivity index (χ4n) is 4.56. The summed E-state index contributed by atoms with van der Waals surface area (Å²) in [7, 11) is 0. The van der Waals surface area contributed by atoms with Crippen molar-refractivity contribution in [3.63, 3.8) is 0 Å². The Bertz CT molecular complexity index is 1260. The summed E-state index contributed by atoms with van der Waals surface area (Å²) in [4.78, 5) is 23.5. The molecule has 2 atom stereocenters. The molecular formula is C23H22F3N5O3. The van der Waals surface area contributed by atoms with Gasteiger partial charge in [0, 0.05) is 36.7 Å². The van der Waals surface area contributed by atoms with E-state index in [1.807, 2.05) is 6.07 Å². The van der Waals surface area contributed by atoms with Crippen molar-refractivity contribution in [2.45, 2.75) is 25.4 Å². The molecule has 3 aromatic rings. The summed E-state index contributed by atoms with van der Waals surface area (Å²) in [6.45, 7) is 3.24. The highest BCUT2D eigenvalue weighted by molar-refractivity contribution is 5.94. The van der Waals surface area contributed by atoms with E-state index in [1.54, 1.807) is 13.0 Å². The van der Waals surface area contributed by atoms with Gasteiger partial charge in [0.1, 0.15) is 30.3 Å². The number of rotatable bonds is 4. The highest BCUT2D eigenvalue weighted by Crippen LogP contribution is 2.40. The van der Waals surface area contributed by atoms with Crippen LogP contribution in [0.4, 0.5) is 29.5 Å². The van der Waals surface area contributed by atoms with E-state index in [9.17, 15) is 23.1 Å². The number of hydrogen-bond acceptors (Lipinski definition) is 6. The quantitative estimate of drug-likeness (QED) is 0.579. The highest BCUT2D eigenvalue weighted by Gasteiger charge is 2.35. The van der Waals surface area contributed by atoms with Crippen LogP contribution in [0, 0.1) is 5.82 Å². The van der Waals surface area contributed by atoms with E-state index >= 15 is 0 Å². The zero-order valence-electron chi connectivity index (χ0n) is 18.2. The predicted octanol–water partition coefficient (Wildman–Crippen LogP) is 4.44. The molecule has 2 aliphatic heterocycles. The van der Waals surface area contributed by atoms with E-state index in [0.29, 0.717) is 48.7 Å². The van der Waals surface area contributed by atoms with Crippen molar-refractivity contribution in [1.29, 1.82) is 0 Å². The Morgan fingerprint density at radius 1 is 1.24 bits per heavy atom. The van der Waals surface area contributed by atoms with Crippen molar-refractivity contribution in [3.8, 4) is 5.75 Å². The largest absolute Gasteiger partial charge is 0.489 e. The summed E-state index contributed by atoms with van der Waals surface area (Å²) in [6.07, 6.45) is -2.50. The molecule has 178 valence electrons. The number of carboxylic acid groups (broad SMARTS) is 1. The standard InChI is InChI=1S/C23H22F3N5O3/c1-12(14-3-2-4-15(20(14)24)21(25)26)29-22-16-7-18-19(8-17(16)27-11-28-22)34-10-13-9-30(23(32)33)5-6-31(13)18/h2-4,7-8,11-13,21H,5-6,9-10H2,1H3,(H,32,33)(H,27,28,29)/t12-,13-/m1/s1. The zero-order valence-corrected chi connectivity index (χ0v) is 18.2. The van der Waals surface area contributed by atoms with Crippen LogP contribution in [0.15, 0.2) is 36.7 Å². The van der Waals surface area contributed by atoms with Gasteiger partial charge in [-0.05, 0) is 13.0 Å². The molecule has 1 fully saturated rings. The van der Waals surface area contributed by atoms with Crippen LogP contribution in [0.3, 0.4) is 0 Å². The summed E-state index contributed by atoms with van der Waals surface area (Å²) >= 11 is 0. The summed E-state index contributed by atoms with van der Waals surface area (Å²) in [6, 6.07) is 6.83. The molecule has 1 amide bonds. The summed E-state index contributed by atoms with van der Waals surface area (Å²) in [5.74, 6) is 0.120. The second kappa shape index (κ2) is 8.54. The number of nitrogens with one attached hydrogen (secondary N) is 1. The first-order chi connectivity index (χ1) is 16.3. The van der Waals surface area contributed by atoms with Gasteiger partial charge in [-0.15, -0.1) is 0 Å². The number of halogens is 3. The van der Waals surface area contributed by atoms with Crippen molar-refractivity contribution in [2.24, 2.45) is 0 Å². The second-order valence-corrected chi connectivity index (χ2v) is 8.36. The minimum absolute atomic E-state index is 0.107. The van der Waals surface area contributed by atoms with Crippen LogP contribution in [-0.2, 0) is 0 Å². The number of piperazine rings is 1. The smallest absolute Gasteiger partial charge is 0.407 e. The van der Waals surface area contributed by atoms with Gasteiger partial charge in [0.2, 0.25) is 0 Å². The number of ether oxygens (including phenoxy) is 1. The lowest BCUT2D eigenvalue weighted by atomic mass is 10.0. The Hall–Kier alpha value is -3.76. The number of nitrogens with zero attached hydrogens (tertiary/aromatic N) is 4. The molecule has 2 aliphatic rings. The van der Waals surface area contributed by atoms with E-state index in [-0.39, 0.29) is 11.6 Å². The Labute approximate surface area is 193 Å². The van der Waals surface area contributed by atoms with Crippen LogP contribution in [0.1, 0.15) is 30.5 Å². The molecule has 1 aromatic heterocycles. The molecule has 2 N–H and O–H groups in total. The van der Waals surface area contributed by atoms with Gasteiger partial charge >= 0.3 is 6.09 Å². The van der Waals surface area contributed by atoms with Crippen molar-refractivity contribution < 1.29 is 27.8 Å². The van der Waals surface area contributed by atoms with Crippen molar-refractivity contribution in [2.75, 3.05) is 36.5 Å². The normalized spacial score (nSPS) is 18.3. The first-order valence-electron chi connectivity index (χ1n) is 10.8. The molecule has 34 heavy (non-hydrogen) atoms. The summed E-state index contributed by atoms with van der Waals surface area (Å²) in [5.41, 5.74) is 0.866. The number of amides is 1. The Morgan fingerprint density at radius 2 is 2.03 bits per heavy atom. The second-order valence-electron chi connectivity index (χ2n) is 8.36. The summed E-state index contributed by atoms with van der Waals surface area (Å²) in [5, 5.41) is 13.1. The maximum Gasteiger partial charge on any atom is 0.407 e. The number of aromatic nitrogens is 2. The average molecular weight is 473 g/mol. The molecule has 0 spiro atoms. The van der Waals surface area contributed by atoms with Crippen molar-refractivity contribution in [3.05, 3.63) is 53.6 Å². The van der Waals surface area contributed by atoms with Crippen LogP contribution in [0.5, 0.6) is 5.75 Å². The first kappa shape index (κ1) is 22.1.